The third-order valence-corrected chi connectivity index (χ3v) is 6.12. The van der Waals surface area contributed by atoms with Crippen molar-refractivity contribution in [3.8, 4) is 0 Å². The van der Waals surface area contributed by atoms with Crippen LogP contribution in [-0.2, 0) is 23.7 Å². The molecule has 3 saturated heterocycles. The predicted octanol–water partition coefficient (Wildman–Crippen LogP) is -0.682. The zero-order valence-corrected chi connectivity index (χ0v) is 19.6. The summed E-state index contributed by atoms with van der Waals surface area (Å²) in [5.74, 6) is -0.454. The lowest BCUT2D eigenvalue weighted by atomic mass is 10.1. The topological polar surface area (TPSA) is 178 Å². The molecule has 0 saturated carbocycles. The minimum absolute atomic E-state index is 0.0930. The zero-order chi connectivity index (χ0) is 24.9. The van der Waals surface area contributed by atoms with Crippen molar-refractivity contribution in [3.63, 3.8) is 0 Å². The fourth-order valence-electron chi connectivity index (χ4n) is 4.55. The number of anilines is 2. The predicted molar refractivity (Wildman–Crippen MR) is 118 cm³/mol. The van der Waals surface area contributed by atoms with Gasteiger partial charge in [0.25, 0.3) is 6.20 Å². The minimum Gasteiger partial charge on any atom is -0.446 e. The van der Waals surface area contributed by atoms with Crippen molar-refractivity contribution in [1.82, 2.24) is 24.8 Å². The Kier molecular flexibility index (Phi) is 5.59. The summed E-state index contributed by atoms with van der Waals surface area (Å²) < 4.78 is 36.0. The van der Waals surface area contributed by atoms with Gasteiger partial charge in [-0.2, -0.15) is 0 Å². The molecule has 192 valence electrons. The molecule has 0 aromatic carbocycles. The number of hydrogen-bond acceptors (Lipinski definition) is 13. The molecule has 3 aromatic rings. The average molecular weight is 504 g/mol. The van der Waals surface area contributed by atoms with Crippen molar-refractivity contribution < 1.29 is 37.8 Å². The van der Waals surface area contributed by atoms with E-state index in [1.165, 1.54) is 11.1 Å². The molecular weight excluding hydrogens is 478 g/mol. The van der Waals surface area contributed by atoms with Crippen LogP contribution in [0, 0.1) is 0 Å². The minimum atomic E-state index is -0.852. The van der Waals surface area contributed by atoms with Crippen LogP contribution in [0.3, 0.4) is 0 Å². The largest absolute Gasteiger partial charge is 0.446 e. The lowest BCUT2D eigenvalue weighted by molar-refractivity contribution is -0.759. The second-order valence-electron chi connectivity index (χ2n) is 8.99. The highest BCUT2D eigenvalue weighted by Gasteiger charge is 2.56. The number of aromatic nitrogens is 6. The summed E-state index contributed by atoms with van der Waals surface area (Å²) in [6.45, 7) is 6.03. The Hall–Kier alpha value is -3.60. The number of hydrogen-bond donors (Lipinski definition) is 2. The number of carbonyl (C=O) groups excluding carboxylic acids is 1. The molecule has 1 amide bonds. The summed E-state index contributed by atoms with van der Waals surface area (Å²) in [5, 5.41) is 8.36. The quantitative estimate of drug-likeness (QED) is 0.418. The SMILES string of the molecule is CC1(C)OC2C(O1)[C@@H](COC(=O)Nc1c[n+](N3CCOCC3)no1)O[C@H]2n1cnc2c(N)ncnc21. The fourth-order valence-corrected chi connectivity index (χ4v) is 4.55. The molecule has 6 rings (SSSR count). The summed E-state index contributed by atoms with van der Waals surface area (Å²) in [5.41, 5.74) is 6.88. The second-order valence-corrected chi connectivity index (χ2v) is 8.99. The van der Waals surface area contributed by atoms with Gasteiger partial charge in [0.05, 0.1) is 37.4 Å². The van der Waals surface area contributed by atoms with E-state index in [0.717, 1.165) is 0 Å². The van der Waals surface area contributed by atoms with E-state index in [9.17, 15) is 4.79 Å². The van der Waals surface area contributed by atoms with Gasteiger partial charge < -0.3 is 29.4 Å². The van der Waals surface area contributed by atoms with Gasteiger partial charge in [0.1, 0.15) is 36.8 Å². The molecule has 0 radical (unpaired) electrons. The normalized spacial score (nSPS) is 27.3. The zero-order valence-electron chi connectivity index (χ0n) is 19.6. The number of rotatable bonds is 5. The molecule has 0 bridgehead atoms. The lowest BCUT2D eigenvalue weighted by Crippen LogP contribution is -2.62. The highest BCUT2D eigenvalue weighted by Crippen LogP contribution is 2.43. The van der Waals surface area contributed by atoms with E-state index >= 15 is 0 Å². The number of nitrogen functional groups attached to an aromatic ring is 1. The van der Waals surface area contributed by atoms with Gasteiger partial charge in [-0.15, -0.1) is 5.01 Å². The van der Waals surface area contributed by atoms with Crippen molar-refractivity contribution in [1.29, 1.82) is 0 Å². The first-order valence-electron chi connectivity index (χ1n) is 11.5. The van der Waals surface area contributed by atoms with E-state index < -0.39 is 36.4 Å². The maximum absolute atomic E-state index is 12.5. The fraction of sp³-hybridized carbons (Fsp3) is 0.600. The van der Waals surface area contributed by atoms with Crippen LogP contribution in [0.4, 0.5) is 16.5 Å². The van der Waals surface area contributed by atoms with Crippen molar-refractivity contribution in [3.05, 3.63) is 18.9 Å². The first-order valence-corrected chi connectivity index (χ1v) is 11.5. The molecule has 0 aliphatic carbocycles. The highest BCUT2D eigenvalue weighted by atomic mass is 16.8. The molecule has 6 heterocycles. The van der Waals surface area contributed by atoms with Crippen LogP contribution in [0.1, 0.15) is 20.1 Å². The summed E-state index contributed by atoms with van der Waals surface area (Å²) in [7, 11) is 0. The molecule has 16 nitrogen and oxygen atoms in total. The maximum Gasteiger partial charge on any atom is 0.414 e. The van der Waals surface area contributed by atoms with Crippen LogP contribution in [0.2, 0.25) is 0 Å². The maximum atomic E-state index is 12.5. The van der Waals surface area contributed by atoms with Crippen LogP contribution < -0.4 is 20.9 Å². The highest BCUT2D eigenvalue weighted by molar-refractivity contribution is 5.82. The van der Waals surface area contributed by atoms with E-state index in [0.29, 0.717) is 37.5 Å². The Morgan fingerprint density at radius 1 is 1.25 bits per heavy atom. The molecule has 4 atom stereocenters. The smallest absolute Gasteiger partial charge is 0.414 e. The molecule has 3 aromatic heterocycles. The Labute approximate surface area is 204 Å². The number of amides is 1. The molecule has 0 spiro atoms. The Balaban J connectivity index is 1.13. The van der Waals surface area contributed by atoms with Crippen LogP contribution in [0.15, 0.2) is 23.4 Å². The number of nitrogens with one attached hydrogen (secondary N) is 1. The molecule has 3 aliphatic heterocycles. The van der Waals surface area contributed by atoms with E-state index in [4.69, 9.17) is 33.9 Å². The summed E-state index contributed by atoms with van der Waals surface area (Å²) >= 11 is 0. The van der Waals surface area contributed by atoms with Gasteiger partial charge in [-0.3, -0.25) is 14.4 Å². The van der Waals surface area contributed by atoms with E-state index in [1.807, 2.05) is 18.9 Å². The Bertz CT molecular complexity index is 1260. The number of imidazole rings is 1. The number of morpholine rings is 1. The van der Waals surface area contributed by atoms with E-state index in [2.05, 4.69) is 25.5 Å². The summed E-state index contributed by atoms with van der Waals surface area (Å²) in [4.78, 5) is 26.5. The van der Waals surface area contributed by atoms with Crippen LogP contribution in [0.5, 0.6) is 0 Å². The van der Waals surface area contributed by atoms with Gasteiger partial charge in [-0.1, -0.05) is 0 Å². The lowest BCUT2D eigenvalue weighted by Gasteiger charge is -2.24. The third kappa shape index (κ3) is 4.17. The van der Waals surface area contributed by atoms with E-state index in [-0.39, 0.29) is 18.3 Å². The average Bonchev–Trinajstić information content (AvgIpc) is 3.62. The van der Waals surface area contributed by atoms with Gasteiger partial charge in [-0.25, -0.2) is 19.7 Å². The van der Waals surface area contributed by atoms with Gasteiger partial charge >= 0.3 is 12.0 Å². The van der Waals surface area contributed by atoms with Crippen LogP contribution >= 0.6 is 0 Å². The molecule has 3 fully saturated rings. The molecule has 16 heteroatoms. The van der Waals surface area contributed by atoms with E-state index in [1.54, 1.807) is 17.1 Å². The second kappa shape index (κ2) is 8.81. The van der Waals surface area contributed by atoms with Crippen molar-refractivity contribution in [2.24, 2.45) is 0 Å². The van der Waals surface area contributed by atoms with Crippen molar-refractivity contribution in [2.75, 3.05) is 49.0 Å². The number of nitrogens with zero attached hydrogens (tertiary/aromatic N) is 7. The molecular formula is C20H26N9O7+. The molecule has 2 unspecified atom stereocenters. The van der Waals surface area contributed by atoms with Gasteiger partial charge in [0, 0.05) is 0 Å². The van der Waals surface area contributed by atoms with Crippen LogP contribution in [0.25, 0.3) is 11.2 Å². The molecule has 36 heavy (non-hydrogen) atoms. The van der Waals surface area contributed by atoms with Crippen molar-refractivity contribution >= 4 is 29.0 Å². The number of carbonyl (C=O) groups is 1. The molecule has 3 N–H and O–H groups in total. The summed E-state index contributed by atoms with van der Waals surface area (Å²) in [6.07, 6.45) is 1.52. The summed E-state index contributed by atoms with van der Waals surface area (Å²) in [6, 6.07) is 0. The number of fused-ring (bicyclic) bond motifs is 2. The van der Waals surface area contributed by atoms with Gasteiger partial charge in [0.15, 0.2) is 23.5 Å². The standard InChI is InChI=1S/C20H25N9O7/c1-20(2)34-14-11(8-32-19(30)25-12-7-29(26-36-12)27-3-5-31-6-4-27)33-18(15(14)35-20)28-10-24-13-16(21)22-9-23-17(13)28/h7,9-11,14-15,18H,3-6,8H2,1-2H3,(H2-,21,22,23,25,26,30)/p+1/t11-,14?,15?,18-/m1/s1. The first-order chi connectivity index (χ1) is 17.4. The number of nitrogens with two attached hydrogens (primary N) is 1. The number of ether oxygens (including phenoxy) is 5. The van der Waals surface area contributed by atoms with Crippen molar-refractivity contribution in [2.45, 2.75) is 44.2 Å². The third-order valence-electron chi connectivity index (χ3n) is 6.12. The van der Waals surface area contributed by atoms with Crippen LogP contribution in [-0.4, -0.2) is 87.9 Å². The first kappa shape index (κ1) is 22.8. The Morgan fingerprint density at radius 3 is 2.89 bits per heavy atom. The monoisotopic (exact) mass is 504 g/mol. The molecule has 3 aliphatic rings. The van der Waals surface area contributed by atoms with Gasteiger partial charge in [-0.05, 0) is 13.8 Å². The van der Waals surface area contributed by atoms with Gasteiger partial charge in [0.2, 0.25) is 5.27 Å². The Morgan fingerprint density at radius 2 is 2.06 bits per heavy atom.